The fourth-order valence-corrected chi connectivity index (χ4v) is 3.48. The molecular formula is C18H22FN3O3. The Bertz CT molecular complexity index is 794. The van der Waals surface area contributed by atoms with Crippen LogP contribution in [0.1, 0.15) is 31.5 Å². The van der Waals surface area contributed by atoms with Gasteiger partial charge in [-0.05, 0) is 43.9 Å². The number of imidazole rings is 1. The highest BCUT2D eigenvalue weighted by Gasteiger charge is 2.29. The Morgan fingerprint density at radius 2 is 1.96 bits per heavy atom. The number of nitrogens with zero attached hydrogens (tertiary/aromatic N) is 2. The second-order valence-electron chi connectivity index (χ2n) is 6.65. The molecule has 0 aliphatic heterocycles. The van der Waals surface area contributed by atoms with E-state index in [1.165, 1.54) is 12.1 Å². The minimum Gasteiger partial charge on any atom is -0.481 e. The van der Waals surface area contributed by atoms with Crippen molar-refractivity contribution in [1.82, 2.24) is 14.9 Å². The number of hydrogen-bond acceptors (Lipinski definition) is 3. The Hall–Kier alpha value is -2.44. The SMILES string of the molecule is Cn1c(CCNC(=O)C2CCC(C(=O)O)CC2)nc2ccc(F)cc21. The maximum absolute atomic E-state index is 13.3. The molecule has 2 N–H and O–H groups in total. The molecule has 6 nitrogen and oxygen atoms in total. The molecule has 134 valence electrons. The summed E-state index contributed by atoms with van der Waals surface area (Å²) in [5.74, 6) is -0.719. The molecule has 1 aromatic heterocycles. The molecule has 2 aromatic rings. The number of carboxylic acids is 1. The van der Waals surface area contributed by atoms with E-state index in [1.54, 1.807) is 6.07 Å². The lowest BCUT2D eigenvalue weighted by molar-refractivity contribution is -0.144. The summed E-state index contributed by atoms with van der Waals surface area (Å²) in [6.07, 6.45) is 2.92. The van der Waals surface area contributed by atoms with Crippen molar-refractivity contribution in [3.63, 3.8) is 0 Å². The number of benzene rings is 1. The molecule has 3 rings (SSSR count). The lowest BCUT2D eigenvalue weighted by Gasteiger charge is -2.25. The molecule has 1 fully saturated rings. The number of carbonyl (C=O) groups excluding carboxylic acids is 1. The highest BCUT2D eigenvalue weighted by Crippen LogP contribution is 2.29. The first kappa shape index (κ1) is 17.4. The van der Waals surface area contributed by atoms with E-state index < -0.39 is 5.97 Å². The normalized spacial score (nSPS) is 20.6. The summed E-state index contributed by atoms with van der Waals surface area (Å²) < 4.78 is 15.2. The molecule has 1 amide bonds. The van der Waals surface area contributed by atoms with Crippen LogP contribution in [0.5, 0.6) is 0 Å². The van der Waals surface area contributed by atoms with E-state index in [4.69, 9.17) is 5.11 Å². The van der Waals surface area contributed by atoms with E-state index in [9.17, 15) is 14.0 Å². The van der Waals surface area contributed by atoms with Crippen LogP contribution in [-0.4, -0.2) is 33.1 Å². The number of carboxylic acid groups (broad SMARTS) is 1. The highest BCUT2D eigenvalue weighted by atomic mass is 19.1. The smallest absolute Gasteiger partial charge is 0.306 e. The van der Waals surface area contributed by atoms with Gasteiger partial charge < -0.3 is 15.0 Å². The first-order valence-corrected chi connectivity index (χ1v) is 8.57. The van der Waals surface area contributed by atoms with Crippen molar-refractivity contribution in [3.05, 3.63) is 29.8 Å². The molecule has 0 atom stereocenters. The van der Waals surface area contributed by atoms with Crippen LogP contribution in [0, 0.1) is 17.7 Å². The minimum atomic E-state index is -0.767. The minimum absolute atomic E-state index is 0.0198. The van der Waals surface area contributed by atoms with E-state index >= 15 is 0 Å². The summed E-state index contributed by atoms with van der Waals surface area (Å²) in [6.45, 7) is 0.456. The molecule has 25 heavy (non-hydrogen) atoms. The van der Waals surface area contributed by atoms with E-state index in [0.29, 0.717) is 38.6 Å². The molecule has 1 aliphatic rings. The molecular weight excluding hydrogens is 325 g/mol. The molecule has 1 heterocycles. The summed E-state index contributed by atoms with van der Waals surface area (Å²) in [6, 6.07) is 4.48. The molecule has 0 bridgehead atoms. The Kier molecular flexibility index (Phi) is 5.01. The number of nitrogens with one attached hydrogen (secondary N) is 1. The molecule has 0 saturated heterocycles. The van der Waals surface area contributed by atoms with Gasteiger partial charge in [-0.3, -0.25) is 9.59 Å². The number of fused-ring (bicyclic) bond motifs is 1. The molecule has 7 heteroatoms. The van der Waals surface area contributed by atoms with Crippen molar-refractivity contribution in [2.75, 3.05) is 6.54 Å². The van der Waals surface area contributed by atoms with Crippen molar-refractivity contribution in [2.24, 2.45) is 18.9 Å². The zero-order chi connectivity index (χ0) is 18.0. The van der Waals surface area contributed by atoms with Crippen LogP contribution in [0.3, 0.4) is 0 Å². The maximum atomic E-state index is 13.3. The first-order chi connectivity index (χ1) is 12.0. The van der Waals surface area contributed by atoms with Gasteiger partial charge >= 0.3 is 5.97 Å². The van der Waals surface area contributed by atoms with Gasteiger partial charge in [-0.1, -0.05) is 0 Å². The molecule has 0 radical (unpaired) electrons. The Morgan fingerprint density at radius 1 is 1.28 bits per heavy atom. The molecule has 0 unspecified atom stereocenters. The zero-order valence-electron chi connectivity index (χ0n) is 14.2. The van der Waals surface area contributed by atoms with Gasteiger partial charge in [-0.2, -0.15) is 0 Å². The van der Waals surface area contributed by atoms with Crippen molar-refractivity contribution < 1.29 is 19.1 Å². The maximum Gasteiger partial charge on any atom is 0.306 e. The number of aryl methyl sites for hydroxylation is 1. The number of rotatable bonds is 5. The summed E-state index contributed by atoms with van der Waals surface area (Å²) >= 11 is 0. The summed E-state index contributed by atoms with van der Waals surface area (Å²) in [5, 5.41) is 11.9. The van der Waals surface area contributed by atoms with Crippen LogP contribution in [0.25, 0.3) is 11.0 Å². The fraction of sp³-hybridized carbons (Fsp3) is 0.500. The molecule has 0 spiro atoms. The quantitative estimate of drug-likeness (QED) is 0.869. The van der Waals surface area contributed by atoms with Crippen LogP contribution in [0.4, 0.5) is 4.39 Å². The topological polar surface area (TPSA) is 84.2 Å². The molecule has 1 saturated carbocycles. The fourth-order valence-electron chi connectivity index (χ4n) is 3.48. The standard InChI is InChI=1S/C18H22FN3O3/c1-22-15-10-13(19)6-7-14(15)21-16(22)8-9-20-17(23)11-2-4-12(5-3-11)18(24)25/h6-7,10-12H,2-5,8-9H2,1H3,(H,20,23)(H,24,25). The average molecular weight is 347 g/mol. The van der Waals surface area contributed by atoms with Crippen molar-refractivity contribution in [3.8, 4) is 0 Å². The summed E-state index contributed by atoms with van der Waals surface area (Å²) in [5.41, 5.74) is 1.46. The van der Waals surface area contributed by atoms with Gasteiger partial charge in [0.2, 0.25) is 5.91 Å². The predicted molar refractivity (Wildman–Crippen MR) is 90.5 cm³/mol. The highest BCUT2D eigenvalue weighted by molar-refractivity contribution is 5.79. The average Bonchev–Trinajstić information content (AvgIpc) is 2.91. The summed E-state index contributed by atoms with van der Waals surface area (Å²) in [7, 11) is 1.83. The van der Waals surface area contributed by atoms with Crippen LogP contribution < -0.4 is 5.32 Å². The van der Waals surface area contributed by atoms with Gasteiger partial charge in [0.1, 0.15) is 11.6 Å². The van der Waals surface area contributed by atoms with Crippen LogP contribution in [-0.2, 0) is 23.1 Å². The lowest BCUT2D eigenvalue weighted by Crippen LogP contribution is -2.35. The predicted octanol–water partition coefficient (Wildman–Crippen LogP) is 2.26. The van der Waals surface area contributed by atoms with Gasteiger partial charge in [-0.15, -0.1) is 0 Å². The Balaban J connectivity index is 1.52. The van der Waals surface area contributed by atoms with Gasteiger partial charge in [0, 0.05) is 25.9 Å². The number of halogens is 1. The zero-order valence-corrected chi connectivity index (χ0v) is 14.2. The number of carbonyl (C=O) groups is 2. The summed E-state index contributed by atoms with van der Waals surface area (Å²) in [4.78, 5) is 27.7. The Labute approximate surface area is 145 Å². The number of amides is 1. The van der Waals surface area contributed by atoms with Crippen molar-refractivity contribution in [2.45, 2.75) is 32.1 Å². The molecule has 1 aromatic carbocycles. The van der Waals surface area contributed by atoms with E-state index in [2.05, 4.69) is 10.3 Å². The van der Waals surface area contributed by atoms with E-state index in [1.807, 2.05) is 11.6 Å². The Morgan fingerprint density at radius 3 is 2.64 bits per heavy atom. The van der Waals surface area contributed by atoms with Gasteiger partial charge in [0.25, 0.3) is 0 Å². The largest absolute Gasteiger partial charge is 0.481 e. The number of aromatic nitrogens is 2. The van der Waals surface area contributed by atoms with Crippen molar-refractivity contribution >= 4 is 22.9 Å². The monoisotopic (exact) mass is 347 g/mol. The van der Waals surface area contributed by atoms with Crippen LogP contribution in [0.15, 0.2) is 18.2 Å². The van der Waals surface area contributed by atoms with E-state index in [0.717, 1.165) is 16.9 Å². The van der Waals surface area contributed by atoms with Crippen LogP contribution >= 0.6 is 0 Å². The second-order valence-corrected chi connectivity index (χ2v) is 6.65. The van der Waals surface area contributed by atoms with E-state index in [-0.39, 0.29) is 23.6 Å². The third-order valence-electron chi connectivity index (χ3n) is 5.03. The van der Waals surface area contributed by atoms with Gasteiger partial charge in [0.15, 0.2) is 0 Å². The van der Waals surface area contributed by atoms with Crippen LogP contribution in [0.2, 0.25) is 0 Å². The first-order valence-electron chi connectivity index (χ1n) is 8.57. The molecule has 1 aliphatic carbocycles. The van der Waals surface area contributed by atoms with Gasteiger partial charge in [-0.25, -0.2) is 9.37 Å². The van der Waals surface area contributed by atoms with Crippen molar-refractivity contribution in [1.29, 1.82) is 0 Å². The third kappa shape index (κ3) is 3.81. The number of aliphatic carboxylic acids is 1. The lowest BCUT2D eigenvalue weighted by atomic mass is 9.81. The number of hydrogen-bond donors (Lipinski definition) is 2. The third-order valence-corrected chi connectivity index (χ3v) is 5.03. The second kappa shape index (κ2) is 7.21. The van der Waals surface area contributed by atoms with Gasteiger partial charge in [0.05, 0.1) is 17.0 Å².